The van der Waals surface area contributed by atoms with Gasteiger partial charge >= 0.3 is 0 Å². The number of halogens is 2. The van der Waals surface area contributed by atoms with Crippen LogP contribution in [0, 0.1) is 0 Å². The molecule has 0 N–H and O–H groups in total. The number of likely N-dealkylation sites (tertiary alicyclic amines) is 2. The van der Waals surface area contributed by atoms with E-state index < -0.39 is 10.8 Å². The van der Waals surface area contributed by atoms with Gasteiger partial charge in [0, 0.05) is 42.4 Å². The normalized spacial score (nSPS) is 18.7. The van der Waals surface area contributed by atoms with E-state index in [1.807, 2.05) is 30.9 Å². The van der Waals surface area contributed by atoms with Gasteiger partial charge in [0.2, 0.25) is 0 Å². The largest absolute Gasteiger partial charge is 0.338 e. The third-order valence-corrected chi connectivity index (χ3v) is 9.74. The average molecular weight is 534 g/mol. The summed E-state index contributed by atoms with van der Waals surface area (Å²) in [7, 11) is -0.948. The summed E-state index contributed by atoms with van der Waals surface area (Å²) in [4.78, 5) is 18.4. The quantitative estimate of drug-likeness (QED) is 0.430. The number of hydrogen-bond acceptors (Lipinski definition) is 3. The summed E-state index contributed by atoms with van der Waals surface area (Å²) in [6, 6.07) is 14.0. The molecular formula is C28H34Cl2N2O2S. The van der Waals surface area contributed by atoms with Gasteiger partial charge in [-0.2, -0.15) is 0 Å². The van der Waals surface area contributed by atoms with Gasteiger partial charge in [-0.25, -0.2) is 0 Å². The van der Waals surface area contributed by atoms with Crippen molar-refractivity contribution in [2.45, 2.75) is 62.6 Å². The second-order valence-corrected chi connectivity index (χ2v) is 12.6. The number of nitrogens with zero attached hydrogens (tertiary/aromatic N) is 2. The SMILES string of the molecule is CC(=C1CCN(C2CCN(C(=O)c3cccc(Cl)c3Cl)CC2)CC1)c1ccc(S(=O)C(C)C)cc1. The minimum Gasteiger partial charge on any atom is -0.338 e. The van der Waals surface area contributed by atoms with Crippen molar-refractivity contribution in [3.8, 4) is 0 Å². The lowest BCUT2D eigenvalue weighted by Crippen LogP contribution is -2.48. The van der Waals surface area contributed by atoms with Crippen LogP contribution in [0.2, 0.25) is 10.0 Å². The maximum Gasteiger partial charge on any atom is 0.255 e. The minimum absolute atomic E-state index is 0.0290. The lowest BCUT2D eigenvalue weighted by molar-refractivity contribution is 0.0608. The molecule has 2 aromatic carbocycles. The Kier molecular flexibility index (Phi) is 8.75. The Morgan fingerprint density at radius 1 is 0.971 bits per heavy atom. The van der Waals surface area contributed by atoms with E-state index in [1.54, 1.807) is 18.2 Å². The molecule has 0 spiro atoms. The summed E-state index contributed by atoms with van der Waals surface area (Å²) in [6.07, 6.45) is 4.11. The van der Waals surface area contributed by atoms with E-state index in [0.717, 1.165) is 56.8 Å². The molecule has 0 aromatic heterocycles. The molecule has 4 nitrogen and oxygen atoms in total. The van der Waals surface area contributed by atoms with Crippen molar-refractivity contribution in [1.29, 1.82) is 0 Å². The van der Waals surface area contributed by atoms with Gasteiger partial charge in [0.25, 0.3) is 5.91 Å². The zero-order valence-corrected chi connectivity index (χ0v) is 23.1. The zero-order valence-electron chi connectivity index (χ0n) is 20.7. The lowest BCUT2D eigenvalue weighted by atomic mass is 9.92. The number of allylic oxidation sites excluding steroid dienone is 1. The van der Waals surface area contributed by atoms with E-state index >= 15 is 0 Å². The first-order chi connectivity index (χ1) is 16.8. The predicted octanol–water partition coefficient (Wildman–Crippen LogP) is 6.68. The molecule has 1 atom stereocenters. The van der Waals surface area contributed by atoms with Gasteiger partial charge < -0.3 is 4.90 Å². The smallest absolute Gasteiger partial charge is 0.255 e. The topological polar surface area (TPSA) is 40.6 Å². The summed E-state index contributed by atoms with van der Waals surface area (Å²) in [5.41, 5.74) is 4.58. The van der Waals surface area contributed by atoms with Crippen LogP contribution in [0.1, 0.15) is 62.4 Å². The second kappa shape index (κ2) is 11.6. The van der Waals surface area contributed by atoms with Gasteiger partial charge in [-0.15, -0.1) is 0 Å². The summed E-state index contributed by atoms with van der Waals surface area (Å²) in [6.45, 7) is 9.79. The predicted molar refractivity (Wildman–Crippen MR) is 147 cm³/mol. The van der Waals surface area contributed by atoms with Gasteiger partial charge in [0.05, 0.1) is 26.4 Å². The molecule has 2 aromatic rings. The van der Waals surface area contributed by atoms with Crippen molar-refractivity contribution < 1.29 is 9.00 Å². The highest BCUT2D eigenvalue weighted by atomic mass is 35.5. The Morgan fingerprint density at radius 3 is 2.20 bits per heavy atom. The molecule has 2 fully saturated rings. The highest BCUT2D eigenvalue weighted by Gasteiger charge is 2.30. The van der Waals surface area contributed by atoms with Crippen LogP contribution < -0.4 is 0 Å². The molecule has 2 heterocycles. The third kappa shape index (κ3) is 6.02. The monoisotopic (exact) mass is 532 g/mol. The van der Waals surface area contributed by atoms with Crippen LogP contribution in [-0.2, 0) is 10.8 Å². The molecule has 2 saturated heterocycles. The molecule has 4 rings (SSSR count). The molecule has 188 valence electrons. The number of rotatable bonds is 5. The molecule has 1 unspecified atom stereocenters. The molecule has 2 aliphatic rings. The Bertz CT molecular complexity index is 1110. The first kappa shape index (κ1) is 26.4. The Labute approximate surface area is 221 Å². The van der Waals surface area contributed by atoms with Crippen LogP contribution >= 0.6 is 23.2 Å². The van der Waals surface area contributed by atoms with E-state index in [4.69, 9.17) is 23.2 Å². The number of hydrogen-bond donors (Lipinski definition) is 0. The summed E-state index contributed by atoms with van der Waals surface area (Å²) < 4.78 is 12.3. The van der Waals surface area contributed by atoms with Crippen molar-refractivity contribution in [2.75, 3.05) is 26.2 Å². The first-order valence-corrected chi connectivity index (χ1v) is 14.4. The molecule has 0 radical (unpaired) electrons. The average Bonchev–Trinajstić information content (AvgIpc) is 2.89. The summed E-state index contributed by atoms with van der Waals surface area (Å²) in [5.74, 6) is -0.0290. The van der Waals surface area contributed by atoms with E-state index in [-0.39, 0.29) is 11.2 Å². The van der Waals surface area contributed by atoms with Crippen molar-refractivity contribution >= 4 is 45.5 Å². The number of amides is 1. The van der Waals surface area contributed by atoms with Crippen LogP contribution in [-0.4, -0.2) is 57.4 Å². The molecule has 7 heteroatoms. The van der Waals surface area contributed by atoms with Gasteiger partial charge in [-0.05, 0) is 68.0 Å². The van der Waals surface area contributed by atoms with Crippen molar-refractivity contribution in [3.63, 3.8) is 0 Å². The first-order valence-electron chi connectivity index (χ1n) is 12.4. The molecule has 0 aliphatic carbocycles. The third-order valence-electron chi connectivity index (χ3n) is 7.33. The highest BCUT2D eigenvalue weighted by Crippen LogP contribution is 2.31. The fourth-order valence-electron chi connectivity index (χ4n) is 5.12. The Hall–Kier alpha value is -1.66. The standard InChI is InChI=1S/C28H34Cl2N2O2S/c1-19(2)35(34)24-9-7-21(8-10-24)20(3)22-11-15-31(16-12-22)23-13-17-32(18-14-23)28(33)25-5-4-6-26(29)27(25)30/h4-10,19,23H,11-18H2,1-3H3. The highest BCUT2D eigenvalue weighted by molar-refractivity contribution is 7.85. The van der Waals surface area contributed by atoms with E-state index in [9.17, 15) is 9.00 Å². The van der Waals surface area contributed by atoms with E-state index in [2.05, 4.69) is 24.0 Å². The molecule has 0 saturated carbocycles. The lowest BCUT2D eigenvalue weighted by Gasteiger charge is -2.41. The van der Waals surface area contributed by atoms with E-state index in [1.165, 1.54) is 16.7 Å². The maximum atomic E-state index is 12.9. The zero-order chi connectivity index (χ0) is 25.1. The number of piperidine rings is 2. The summed E-state index contributed by atoms with van der Waals surface area (Å²) in [5, 5.41) is 0.889. The second-order valence-electron chi connectivity index (χ2n) is 9.76. The molecule has 35 heavy (non-hydrogen) atoms. The van der Waals surface area contributed by atoms with Crippen molar-refractivity contribution in [1.82, 2.24) is 9.80 Å². The fraction of sp³-hybridized carbons (Fsp3) is 0.464. The van der Waals surface area contributed by atoms with Crippen molar-refractivity contribution in [2.24, 2.45) is 0 Å². The van der Waals surface area contributed by atoms with Crippen LogP contribution in [0.15, 0.2) is 52.9 Å². The molecule has 0 bridgehead atoms. The van der Waals surface area contributed by atoms with Gasteiger partial charge in [-0.1, -0.05) is 60.8 Å². The number of benzene rings is 2. The number of carbonyl (C=O) groups excluding carboxylic acids is 1. The van der Waals surface area contributed by atoms with Gasteiger partial charge in [0.1, 0.15) is 0 Å². The van der Waals surface area contributed by atoms with Gasteiger partial charge in [-0.3, -0.25) is 13.9 Å². The van der Waals surface area contributed by atoms with Crippen LogP contribution in [0.4, 0.5) is 0 Å². The maximum absolute atomic E-state index is 12.9. The number of carbonyl (C=O) groups is 1. The fourth-order valence-corrected chi connectivity index (χ4v) is 6.45. The van der Waals surface area contributed by atoms with E-state index in [0.29, 0.717) is 21.7 Å². The molecule has 2 aliphatic heterocycles. The van der Waals surface area contributed by atoms with Crippen LogP contribution in [0.5, 0.6) is 0 Å². The summed E-state index contributed by atoms with van der Waals surface area (Å²) >= 11 is 12.4. The minimum atomic E-state index is -0.948. The Balaban J connectivity index is 1.31. The van der Waals surface area contributed by atoms with Crippen LogP contribution in [0.25, 0.3) is 5.57 Å². The molecule has 1 amide bonds. The molecular weight excluding hydrogens is 499 g/mol. The van der Waals surface area contributed by atoms with Crippen LogP contribution in [0.3, 0.4) is 0 Å². The van der Waals surface area contributed by atoms with Gasteiger partial charge in [0.15, 0.2) is 0 Å². The Morgan fingerprint density at radius 2 is 1.60 bits per heavy atom. The van der Waals surface area contributed by atoms with Crippen molar-refractivity contribution in [3.05, 3.63) is 69.2 Å².